The number of hydrogen-bond acceptors (Lipinski definition) is 2. The van der Waals surface area contributed by atoms with Crippen molar-refractivity contribution in [1.29, 1.82) is 0 Å². The smallest absolute Gasteiger partial charge is 0.311 e. The third-order valence-electron chi connectivity index (χ3n) is 4.91. The van der Waals surface area contributed by atoms with Crippen molar-refractivity contribution in [3.8, 4) is 0 Å². The number of likely N-dealkylation sites (tertiary alicyclic amines) is 1. The fourth-order valence-corrected chi connectivity index (χ4v) is 3.41. The first-order chi connectivity index (χ1) is 8.85. The molecule has 0 radical (unpaired) electrons. The molecule has 2 rings (SSSR count). The summed E-state index contributed by atoms with van der Waals surface area (Å²) in [5.41, 5.74) is 0. The van der Waals surface area contributed by atoms with Crippen molar-refractivity contribution < 1.29 is 13.2 Å². The summed E-state index contributed by atoms with van der Waals surface area (Å²) < 4.78 is 36.9. The molecule has 1 aliphatic carbocycles. The van der Waals surface area contributed by atoms with E-state index in [0.717, 1.165) is 18.8 Å². The van der Waals surface area contributed by atoms with E-state index < -0.39 is 12.7 Å². The Kier molecular flexibility index (Phi) is 4.77. The van der Waals surface area contributed by atoms with Crippen LogP contribution in [0.2, 0.25) is 0 Å². The SMILES string of the molecule is CC1CCC(NC2CCN(CC(F)(F)F)CC2)C1C. The molecule has 1 heterocycles. The van der Waals surface area contributed by atoms with E-state index in [9.17, 15) is 13.2 Å². The van der Waals surface area contributed by atoms with Crippen molar-refractivity contribution in [3.63, 3.8) is 0 Å². The Balaban J connectivity index is 1.72. The van der Waals surface area contributed by atoms with E-state index in [1.54, 1.807) is 0 Å². The van der Waals surface area contributed by atoms with Gasteiger partial charge in [-0.25, -0.2) is 0 Å². The second-order valence-electron chi connectivity index (χ2n) is 6.35. The standard InChI is InChI=1S/C14H25F3N2/c1-10-3-4-13(11(10)2)18-12-5-7-19(8-6-12)9-14(15,16)17/h10-13,18H,3-9H2,1-2H3. The number of hydrogen-bond donors (Lipinski definition) is 1. The number of nitrogens with zero attached hydrogens (tertiary/aromatic N) is 1. The fourth-order valence-electron chi connectivity index (χ4n) is 3.41. The van der Waals surface area contributed by atoms with Crippen molar-refractivity contribution in [1.82, 2.24) is 10.2 Å². The second-order valence-corrected chi connectivity index (χ2v) is 6.35. The van der Waals surface area contributed by atoms with Gasteiger partial charge >= 0.3 is 6.18 Å². The van der Waals surface area contributed by atoms with Gasteiger partial charge in [0.25, 0.3) is 0 Å². The lowest BCUT2D eigenvalue weighted by atomic mass is 9.96. The number of alkyl halides is 3. The van der Waals surface area contributed by atoms with Crippen LogP contribution in [0.3, 0.4) is 0 Å². The van der Waals surface area contributed by atoms with Crippen LogP contribution in [-0.4, -0.2) is 42.8 Å². The largest absolute Gasteiger partial charge is 0.401 e. The first-order valence-electron chi connectivity index (χ1n) is 7.40. The molecule has 0 bridgehead atoms. The van der Waals surface area contributed by atoms with Gasteiger partial charge < -0.3 is 5.32 Å². The van der Waals surface area contributed by atoms with Gasteiger partial charge in [-0.2, -0.15) is 13.2 Å². The van der Waals surface area contributed by atoms with E-state index in [1.165, 1.54) is 17.7 Å². The van der Waals surface area contributed by atoms with Crippen molar-refractivity contribution in [3.05, 3.63) is 0 Å². The van der Waals surface area contributed by atoms with Gasteiger partial charge in [0.05, 0.1) is 6.54 Å². The highest BCUT2D eigenvalue weighted by atomic mass is 19.4. The lowest BCUT2D eigenvalue weighted by Crippen LogP contribution is -2.48. The summed E-state index contributed by atoms with van der Waals surface area (Å²) in [6.07, 6.45) is 0.105. The molecule has 0 aromatic carbocycles. The lowest BCUT2D eigenvalue weighted by molar-refractivity contribution is -0.148. The van der Waals surface area contributed by atoms with Gasteiger partial charge in [0.2, 0.25) is 0 Å². The monoisotopic (exact) mass is 278 g/mol. The Morgan fingerprint density at radius 2 is 1.68 bits per heavy atom. The first-order valence-corrected chi connectivity index (χ1v) is 7.40. The Morgan fingerprint density at radius 1 is 1.05 bits per heavy atom. The number of rotatable bonds is 3. The molecule has 1 N–H and O–H groups in total. The second kappa shape index (κ2) is 6.00. The molecule has 0 aromatic rings. The van der Waals surface area contributed by atoms with Gasteiger partial charge in [-0.15, -0.1) is 0 Å². The van der Waals surface area contributed by atoms with Crippen molar-refractivity contribution in [2.24, 2.45) is 11.8 Å². The average molecular weight is 278 g/mol. The van der Waals surface area contributed by atoms with Gasteiger partial charge in [0.1, 0.15) is 0 Å². The summed E-state index contributed by atoms with van der Waals surface area (Å²) in [5, 5.41) is 3.67. The molecule has 2 nitrogen and oxygen atoms in total. The topological polar surface area (TPSA) is 15.3 Å². The summed E-state index contributed by atoms with van der Waals surface area (Å²) in [5.74, 6) is 1.45. The highest BCUT2D eigenvalue weighted by molar-refractivity contribution is 4.89. The molecule has 0 aromatic heterocycles. The predicted molar refractivity (Wildman–Crippen MR) is 70.0 cm³/mol. The van der Waals surface area contributed by atoms with Gasteiger partial charge in [0, 0.05) is 12.1 Å². The molecular formula is C14H25F3N2. The molecule has 1 saturated carbocycles. The summed E-state index contributed by atoms with van der Waals surface area (Å²) in [6.45, 7) is 4.95. The minimum Gasteiger partial charge on any atom is -0.311 e. The number of halogens is 3. The maximum Gasteiger partial charge on any atom is 0.401 e. The Labute approximate surface area is 113 Å². The summed E-state index contributed by atoms with van der Waals surface area (Å²) in [4.78, 5) is 1.53. The Hall–Kier alpha value is -0.290. The third-order valence-corrected chi connectivity index (χ3v) is 4.91. The number of piperidine rings is 1. The fraction of sp³-hybridized carbons (Fsp3) is 1.00. The van der Waals surface area contributed by atoms with Crippen molar-refractivity contribution in [2.75, 3.05) is 19.6 Å². The number of nitrogens with one attached hydrogen (secondary N) is 1. The van der Waals surface area contributed by atoms with Crippen LogP contribution in [-0.2, 0) is 0 Å². The van der Waals surface area contributed by atoms with Crippen molar-refractivity contribution in [2.45, 2.75) is 57.8 Å². The predicted octanol–water partition coefficient (Wildman–Crippen LogP) is 3.04. The molecule has 2 aliphatic rings. The highest BCUT2D eigenvalue weighted by Gasteiger charge is 2.34. The molecule has 5 heteroatoms. The Morgan fingerprint density at radius 3 is 2.16 bits per heavy atom. The van der Waals surface area contributed by atoms with Crippen LogP contribution in [0, 0.1) is 11.8 Å². The van der Waals surface area contributed by atoms with Crippen LogP contribution in [0.1, 0.15) is 39.5 Å². The van der Waals surface area contributed by atoms with E-state index >= 15 is 0 Å². The maximum absolute atomic E-state index is 12.3. The van der Waals surface area contributed by atoms with E-state index in [-0.39, 0.29) is 0 Å². The molecule has 0 spiro atoms. The summed E-state index contributed by atoms with van der Waals surface area (Å²) in [7, 11) is 0. The molecule has 2 fully saturated rings. The van der Waals surface area contributed by atoms with Gasteiger partial charge in [0.15, 0.2) is 0 Å². The lowest BCUT2D eigenvalue weighted by Gasteiger charge is -2.35. The summed E-state index contributed by atoms with van der Waals surface area (Å²) >= 11 is 0. The molecule has 1 aliphatic heterocycles. The molecule has 19 heavy (non-hydrogen) atoms. The molecule has 0 amide bonds. The summed E-state index contributed by atoms with van der Waals surface area (Å²) in [6, 6.07) is 0.969. The highest BCUT2D eigenvalue weighted by Crippen LogP contribution is 2.32. The molecular weight excluding hydrogens is 253 g/mol. The van der Waals surface area contributed by atoms with Crippen LogP contribution >= 0.6 is 0 Å². The van der Waals surface area contributed by atoms with E-state index in [4.69, 9.17) is 0 Å². The van der Waals surface area contributed by atoms with Gasteiger partial charge in [-0.05, 0) is 50.6 Å². The van der Waals surface area contributed by atoms with Crippen LogP contribution in [0.5, 0.6) is 0 Å². The first kappa shape index (κ1) is 15.1. The zero-order chi connectivity index (χ0) is 14.0. The van der Waals surface area contributed by atoms with E-state index in [0.29, 0.717) is 31.1 Å². The average Bonchev–Trinajstić information content (AvgIpc) is 2.62. The van der Waals surface area contributed by atoms with Crippen LogP contribution in [0.15, 0.2) is 0 Å². The minimum atomic E-state index is -4.06. The third kappa shape index (κ3) is 4.35. The normalized spacial score (nSPS) is 34.9. The zero-order valence-electron chi connectivity index (χ0n) is 11.8. The Bertz CT molecular complexity index is 285. The maximum atomic E-state index is 12.3. The quantitative estimate of drug-likeness (QED) is 0.853. The van der Waals surface area contributed by atoms with Crippen LogP contribution in [0.4, 0.5) is 13.2 Å². The van der Waals surface area contributed by atoms with Gasteiger partial charge in [-0.3, -0.25) is 4.90 Å². The van der Waals surface area contributed by atoms with E-state index in [1.807, 2.05) is 0 Å². The molecule has 3 atom stereocenters. The van der Waals surface area contributed by atoms with Crippen molar-refractivity contribution >= 4 is 0 Å². The van der Waals surface area contributed by atoms with Gasteiger partial charge in [-0.1, -0.05) is 13.8 Å². The minimum absolute atomic E-state index is 0.405. The zero-order valence-corrected chi connectivity index (χ0v) is 11.8. The molecule has 1 saturated heterocycles. The molecule has 3 unspecified atom stereocenters. The van der Waals surface area contributed by atoms with E-state index in [2.05, 4.69) is 19.2 Å². The van der Waals surface area contributed by atoms with Crippen LogP contribution < -0.4 is 5.32 Å². The van der Waals surface area contributed by atoms with Crippen LogP contribution in [0.25, 0.3) is 0 Å². The molecule has 112 valence electrons.